The van der Waals surface area contributed by atoms with Crippen LogP contribution in [0.5, 0.6) is 0 Å². The molecule has 0 saturated heterocycles. The third-order valence-corrected chi connectivity index (χ3v) is 1.83. The van der Waals surface area contributed by atoms with Crippen molar-refractivity contribution in [3.63, 3.8) is 0 Å². The van der Waals surface area contributed by atoms with Crippen LogP contribution in [0.15, 0.2) is 24.7 Å². The molecule has 5 heteroatoms. The van der Waals surface area contributed by atoms with Gasteiger partial charge in [-0.2, -0.15) is 0 Å². The second kappa shape index (κ2) is 6.75. The summed E-state index contributed by atoms with van der Waals surface area (Å²) >= 11 is 0. The summed E-state index contributed by atoms with van der Waals surface area (Å²) in [6.45, 7) is 3.78. The summed E-state index contributed by atoms with van der Waals surface area (Å²) in [7, 11) is -3.93. The molecule has 0 aromatic carbocycles. The maximum absolute atomic E-state index is 11.0. The zero-order valence-electron chi connectivity index (χ0n) is 7.84. The molecule has 0 aromatic rings. The largest absolute Gasteiger partial charge is 0.583 e. The lowest BCUT2D eigenvalue weighted by Crippen LogP contribution is -1.83. The lowest BCUT2D eigenvalue weighted by atomic mass is 10.5. The lowest BCUT2D eigenvalue weighted by molar-refractivity contribution is 0.243. The molecule has 0 bridgehead atoms. The van der Waals surface area contributed by atoms with Gasteiger partial charge in [-0.25, -0.2) is 4.57 Å². The van der Waals surface area contributed by atoms with Crippen LogP contribution < -0.4 is 0 Å². The van der Waals surface area contributed by atoms with Crippen LogP contribution in [0, 0.1) is 0 Å². The number of phosphoric ester groups is 1. The van der Waals surface area contributed by atoms with Gasteiger partial charge in [0.25, 0.3) is 0 Å². The molecule has 0 aliphatic rings. The van der Waals surface area contributed by atoms with Gasteiger partial charge in [-0.05, 0) is 25.0 Å². The van der Waals surface area contributed by atoms with Crippen molar-refractivity contribution in [2.45, 2.75) is 26.7 Å². The number of phosphoric acid groups is 1. The quantitative estimate of drug-likeness (QED) is 0.536. The molecule has 0 atom stereocenters. The van der Waals surface area contributed by atoms with Gasteiger partial charge < -0.3 is 9.05 Å². The average Bonchev–Trinajstić information content (AvgIpc) is 2.05. The maximum Gasteiger partial charge on any atom is 0.583 e. The van der Waals surface area contributed by atoms with Crippen LogP contribution in [0.4, 0.5) is 0 Å². The third kappa shape index (κ3) is 7.62. The molecule has 0 spiro atoms. The second-order valence-electron chi connectivity index (χ2n) is 2.24. The average molecular weight is 206 g/mol. The van der Waals surface area contributed by atoms with Gasteiger partial charge in [-0.15, -0.1) is 0 Å². The van der Waals surface area contributed by atoms with Crippen LogP contribution in [-0.2, 0) is 13.6 Å². The summed E-state index contributed by atoms with van der Waals surface area (Å²) in [5.41, 5.74) is 0. The van der Waals surface area contributed by atoms with Crippen molar-refractivity contribution in [3.8, 4) is 0 Å². The maximum atomic E-state index is 11.0. The summed E-state index contributed by atoms with van der Waals surface area (Å²) in [4.78, 5) is 8.98. The Labute approximate surface area is 78.5 Å². The summed E-state index contributed by atoms with van der Waals surface area (Å²) in [6.07, 6.45) is 7.06. The molecule has 1 N–H and O–H groups in total. The molecule has 0 amide bonds. The van der Waals surface area contributed by atoms with Gasteiger partial charge in [0.2, 0.25) is 0 Å². The standard InChI is InChI=1S/C8H15O4P/c1-3-5-7-11-13(9,10)12-8-6-4-2/h5-8H,3-4H2,1-2H3,(H,9,10)/b7-5+,8-6+. The smallest absolute Gasteiger partial charge is 0.404 e. The topological polar surface area (TPSA) is 55.8 Å². The summed E-state index contributed by atoms with van der Waals surface area (Å²) < 4.78 is 19.9. The summed E-state index contributed by atoms with van der Waals surface area (Å²) in [5.74, 6) is 0. The van der Waals surface area contributed by atoms with Crippen molar-refractivity contribution in [1.82, 2.24) is 0 Å². The Kier molecular flexibility index (Phi) is 6.37. The molecule has 4 nitrogen and oxygen atoms in total. The minimum Gasteiger partial charge on any atom is -0.404 e. The Hall–Kier alpha value is -0.730. The highest BCUT2D eigenvalue weighted by Gasteiger charge is 2.19. The molecule has 0 unspecified atom stereocenters. The molecule has 0 fully saturated rings. The number of hydrogen-bond acceptors (Lipinski definition) is 3. The van der Waals surface area contributed by atoms with Gasteiger partial charge in [0.15, 0.2) is 0 Å². The Morgan fingerprint density at radius 2 is 1.54 bits per heavy atom. The minimum atomic E-state index is -3.93. The van der Waals surface area contributed by atoms with Crippen molar-refractivity contribution in [2.75, 3.05) is 0 Å². The first-order chi connectivity index (χ1) is 6.12. The van der Waals surface area contributed by atoms with Crippen LogP contribution in [0.1, 0.15) is 26.7 Å². The molecule has 0 radical (unpaired) electrons. The first-order valence-corrected chi connectivity index (χ1v) is 5.61. The molecule has 76 valence electrons. The van der Waals surface area contributed by atoms with E-state index in [1.807, 2.05) is 13.8 Å². The Balaban J connectivity index is 3.86. The highest BCUT2D eigenvalue weighted by molar-refractivity contribution is 7.47. The fourth-order valence-corrected chi connectivity index (χ4v) is 0.987. The second-order valence-corrected chi connectivity index (χ2v) is 3.60. The molecular weight excluding hydrogens is 191 g/mol. The van der Waals surface area contributed by atoms with E-state index in [9.17, 15) is 4.57 Å². The molecule has 0 aromatic heterocycles. The van der Waals surface area contributed by atoms with E-state index in [2.05, 4.69) is 9.05 Å². The highest BCUT2D eigenvalue weighted by Crippen LogP contribution is 2.43. The Morgan fingerprint density at radius 3 is 1.85 bits per heavy atom. The van der Waals surface area contributed by atoms with Crippen LogP contribution in [0.3, 0.4) is 0 Å². The van der Waals surface area contributed by atoms with Crippen LogP contribution in [-0.4, -0.2) is 4.89 Å². The van der Waals surface area contributed by atoms with E-state index in [0.29, 0.717) is 0 Å². The first-order valence-electron chi connectivity index (χ1n) is 4.12. The fraction of sp³-hybridized carbons (Fsp3) is 0.500. The lowest BCUT2D eigenvalue weighted by Gasteiger charge is -2.06. The normalized spacial score (nSPS) is 12.5. The van der Waals surface area contributed by atoms with E-state index in [1.54, 1.807) is 12.2 Å². The molecule has 0 aliphatic heterocycles. The van der Waals surface area contributed by atoms with Crippen molar-refractivity contribution in [2.24, 2.45) is 0 Å². The van der Waals surface area contributed by atoms with E-state index in [4.69, 9.17) is 4.89 Å². The van der Waals surface area contributed by atoms with Gasteiger partial charge in [0.1, 0.15) is 0 Å². The fourth-order valence-electron chi connectivity index (χ4n) is 0.457. The van der Waals surface area contributed by atoms with Crippen molar-refractivity contribution in [3.05, 3.63) is 24.7 Å². The van der Waals surface area contributed by atoms with Crippen LogP contribution >= 0.6 is 7.82 Å². The van der Waals surface area contributed by atoms with E-state index in [0.717, 1.165) is 12.8 Å². The van der Waals surface area contributed by atoms with Gasteiger partial charge >= 0.3 is 7.82 Å². The van der Waals surface area contributed by atoms with Crippen molar-refractivity contribution < 1.29 is 18.5 Å². The molecule has 0 aliphatic carbocycles. The number of allylic oxidation sites excluding steroid dienone is 2. The zero-order valence-corrected chi connectivity index (χ0v) is 8.74. The molecule has 0 saturated carbocycles. The summed E-state index contributed by atoms with van der Waals surface area (Å²) in [6, 6.07) is 0. The Bertz CT molecular complexity index is 202. The predicted molar refractivity (Wildman–Crippen MR) is 50.9 cm³/mol. The van der Waals surface area contributed by atoms with Gasteiger partial charge in [-0.1, -0.05) is 13.8 Å². The van der Waals surface area contributed by atoms with Crippen molar-refractivity contribution in [1.29, 1.82) is 0 Å². The summed E-state index contributed by atoms with van der Waals surface area (Å²) in [5, 5.41) is 0. The third-order valence-electron chi connectivity index (χ3n) is 1.05. The van der Waals surface area contributed by atoms with Gasteiger partial charge in [-0.3, -0.25) is 4.89 Å². The van der Waals surface area contributed by atoms with E-state index in [1.165, 1.54) is 12.5 Å². The molecule has 0 heterocycles. The van der Waals surface area contributed by atoms with E-state index >= 15 is 0 Å². The van der Waals surface area contributed by atoms with Gasteiger partial charge in [0, 0.05) is 0 Å². The van der Waals surface area contributed by atoms with Crippen LogP contribution in [0.25, 0.3) is 0 Å². The van der Waals surface area contributed by atoms with E-state index in [-0.39, 0.29) is 0 Å². The Morgan fingerprint density at radius 1 is 1.15 bits per heavy atom. The monoisotopic (exact) mass is 206 g/mol. The first kappa shape index (κ1) is 12.3. The van der Waals surface area contributed by atoms with Crippen molar-refractivity contribution >= 4 is 7.82 Å². The predicted octanol–water partition coefficient (Wildman–Crippen LogP) is 2.97. The van der Waals surface area contributed by atoms with Crippen LogP contribution in [0.2, 0.25) is 0 Å². The minimum absolute atomic E-state index is 0.741. The molecule has 13 heavy (non-hydrogen) atoms. The van der Waals surface area contributed by atoms with Gasteiger partial charge in [0.05, 0.1) is 12.5 Å². The highest BCUT2D eigenvalue weighted by atomic mass is 31.2. The SMILES string of the molecule is CC/C=C/OP(=O)(O)O/C=C/CC. The molecule has 0 rings (SSSR count). The van der Waals surface area contributed by atoms with E-state index < -0.39 is 7.82 Å². The molecular formula is C8H15O4P. The number of rotatable bonds is 6. The zero-order chi connectivity index (χ0) is 10.2. The number of hydrogen-bond donors (Lipinski definition) is 1.